The van der Waals surface area contributed by atoms with Crippen LogP contribution in [0.1, 0.15) is 5.56 Å². The van der Waals surface area contributed by atoms with Gasteiger partial charge in [0.2, 0.25) is 0 Å². The quantitative estimate of drug-likeness (QED) is 0.684. The molecule has 0 aliphatic carbocycles. The number of benzene rings is 1. The van der Waals surface area contributed by atoms with Crippen LogP contribution in [0.4, 0.5) is 10.5 Å². The lowest BCUT2D eigenvalue weighted by Crippen LogP contribution is -2.29. The van der Waals surface area contributed by atoms with E-state index in [1.165, 1.54) is 19.4 Å². The molecule has 0 aliphatic rings. The van der Waals surface area contributed by atoms with E-state index in [0.717, 1.165) is 5.56 Å². The van der Waals surface area contributed by atoms with E-state index < -0.39 is 6.09 Å². The third-order valence-corrected chi connectivity index (χ3v) is 2.56. The van der Waals surface area contributed by atoms with Crippen molar-refractivity contribution in [2.75, 3.05) is 12.4 Å². The summed E-state index contributed by atoms with van der Waals surface area (Å²) in [5.74, 6) is 0.00385. The van der Waals surface area contributed by atoms with E-state index in [4.69, 9.17) is 9.47 Å². The van der Waals surface area contributed by atoms with Crippen molar-refractivity contribution >= 4 is 11.8 Å². The molecule has 1 aromatic carbocycles. The second kappa shape index (κ2) is 6.42. The van der Waals surface area contributed by atoms with Crippen LogP contribution in [0.3, 0.4) is 0 Å². The van der Waals surface area contributed by atoms with Gasteiger partial charge in [-0.15, -0.1) is 4.73 Å². The molecule has 1 heterocycles. The van der Waals surface area contributed by atoms with Crippen LogP contribution in [-0.2, 0) is 11.3 Å². The van der Waals surface area contributed by atoms with Crippen molar-refractivity contribution in [2.45, 2.75) is 6.61 Å². The van der Waals surface area contributed by atoms with Gasteiger partial charge in [-0.2, -0.15) is 0 Å². The highest BCUT2D eigenvalue weighted by Gasteiger charge is 2.15. The minimum absolute atomic E-state index is 0.00385. The van der Waals surface area contributed by atoms with Crippen molar-refractivity contribution in [1.29, 1.82) is 0 Å². The first-order valence-corrected chi connectivity index (χ1v) is 5.94. The molecule has 6 nitrogen and oxygen atoms in total. The number of pyridine rings is 1. The van der Waals surface area contributed by atoms with Gasteiger partial charge in [-0.1, -0.05) is 30.3 Å². The lowest BCUT2D eigenvalue weighted by molar-refractivity contribution is -0.611. The minimum atomic E-state index is -0.654. The van der Waals surface area contributed by atoms with Crippen LogP contribution in [0, 0.1) is 5.21 Å². The Morgan fingerprint density at radius 1 is 1.25 bits per heavy atom. The number of anilines is 1. The van der Waals surface area contributed by atoms with Gasteiger partial charge < -0.3 is 14.7 Å². The molecule has 2 rings (SSSR count). The van der Waals surface area contributed by atoms with Crippen molar-refractivity contribution in [3.05, 3.63) is 59.4 Å². The molecule has 0 aliphatic heterocycles. The van der Waals surface area contributed by atoms with E-state index in [9.17, 15) is 10.0 Å². The van der Waals surface area contributed by atoms with E-state index in [1.54, 1.807) is 6.07 Å². The lowest BCUT2D eigenvalue weighted by Gasteiger charge is -2.09. The topological polar surface area (TPSA) is 74.5 Å². The van der Waals surface area contributed by atoms with Gasteiger partial charge in [0.05, 0.1) is 7.11 Å². The number of aromatic nitrogens is 1. The van der Waals surface area contributed by atoms with Gasteiger partial charge in [-0.05, 0) is 11.6 Å². The Bertz CT molecular complexity index is 587. The standard InChI is InChI=1S/C14H14N2O4/c1-19-13-12(8-5-9-16(13)18)15-14(17)20-10-11-6-3-2-4-7-11/h2-9H,10H2,1H3,(H,15,17). The maximum absolute atomic E-state index is 11.7. The molecule has 0 bridgehead atoms. The SMILES string of the molecule is COc1c(NC(=O)OCc2ccccc2)ccc[n+]1[O-]. The number of ether oxygens (including phenoxy) is 2. The Labute approximate surface area is 116 Å². The highest BCUT2D eigenvalue weighted by molar-refractivity contribution is 5.85. The van der Waals surface area contributed by atoms with E-state index >= 15 is 0 Å². The fraction of sp³-hybridized carbons (Fsp3) is 0.143. The molecule has 104 valence electrons. The Hall–Kier alpha value is -2.76. The molecule has 0 atom stereocenters. The van der Waals surface area contributed by atoms with Crippen LogP contribution >= 0.6 is 0 Å². The van der Waals surface area contributed by atoms with E-state index in [1.807, 2.05) is 30.3 Å². The van der Waals surface area contributed by atoms with Gasteiger partial charge in [0, 0.05) is 6.07 Å². The van der Waals surface area contributed by atoms with Gasteiger partial charge in [0.1, 0.15) is 6.61 Å². The number of amides is 1. The number of hydrogen-bond donors (Lipinski definition) is 1. The summed E-state index contributed by atoms with van der Waals surface area (Å²) < 4.78 is 10.5. The zero-order valence-electron chi connectivity index (χ0n) is 10.9. The summed E-state index contributed by atoms with van der Waals surface area (Å²) in [6.07, 6.45) is 0.623. The van der Waals surface area contributed by atoms with Crippen LogP contribution in [0.25, 0.3) is 0 Å². The summed E-state index contributed by atoms with van der Waals surface area (Å²) in [5.41, 5.74) is 1.13. The molecule has 0 unspecified atom stereocenters. The molecule has 0 radical (unpaired) electrons. The molecular weight excluding hydrogens is 260 g/mol. The number of rotatable bonds is 4. The number of nitrogens with zero attached hydrogens (tertiary/aromatic N) is 1. The Morgan fingerprint density at radius 3 is 2.70 bits per heavy atom. The fourth-order valence-electron chi connectivity index (χ4n) is 1.64. The number of methoxy groups -OCH3 is 1. The number of hydrogen-bond acceptors (Lipinski definition) is 4. The molecule has 1 amide bonds. The average Bonchev–Trinajstić information content (AvgIpc) is 2.46. The minimum Gasteiger partial charge on any atom is -0.616 e. The first kappa shape index (κ1) is 13.7. The molecule has 0 saturated carbocycles. The number of carbonyl (C=O) groups excluding carboxylic acids is 1. The van der Waals surface area contributed by atoms with Crippen molar-refractivity contribution in [3.63, 3.8) is 0 Å². The predicted molar refractivity (Wildman–Crippen MR) is 72.2 cm³/mol. The van der Waals surface area contributed by atoms with Crippen LogP contribution in [0.2, 0.25) is 0 Å². The highest BCUT2D eigenvalue weighted by Crippen LogP contribution is 2.18. The molecule has 0 saturated heterocycles. The molecule has 0 fully saturated rings. The van der Waals surface area contributed by atoms with Crippen molar-refractivity contribution in [2.24, 2.45) is 0 Å². The maximum Gasteiger partial charge on any atom is 0.412 e. The summed E-state index contributed by atoms with van der Waals surface area (Å²) in [6.45, 7) is 0.152. The average molecular weight is 274 g/mol. The molecule has 1 N–H and O–H groups in total. The number of carbonyl (C=O) groups is 1. The monoisotopic (exact) mass is 274 g/mol. The predicted octanol–water partition coefficient (Wildman–Crippen LogP) is 2.08. The van der Waals surface area contributed by atoms with Crippen LogP contribution < -0.4 is 14.8 Å². The summed E-state index contributed by atoms with van der Waals surface area (Å²) >= 11 is 0. The van der Waals surface area contributed by atoms with Crippen molar-refractivity contribution in [1.82, 2.24) is 0 Å². The summed E-state index contributed by atoms with van der Waals surface area (Å²) in [5, 5.41) is 13.9. The second-order valence-electron chi connectivity index (χ2n) is 3.94. The molecule has 2 aromatic rings. The van der Waals surface area contributed by atoms with E-state index in [2.05, 4.69) is 5.32 Å². The Kier molecular flexibility index (Phi) is 4.39. The molecular formula is C14H14N2O4. The summed E-state index contributed by atoms with van der Waals surface area (Å²) in [7, 11) is 1.35. The van der Waals surface area contributed by atoms with Gasteiger partial charge in [-0.25, -0.2) is 4.79 Å². The molecule has 1 aromatic heterocycles. The summed E-state index contributed by atoms with van der Waals surface area (Å²) in [4.78, 5) is 11.7. The van der Waals surface area contributed by atoms with Crippen LogP contribution in [-0.4, -0.2) is 13.2 Å². The molecule has 0 spiro atoms. The zero-order valence-corrected chi connectivity index (χ0v) is 10.9. The lowest BCUT2D eigenvalue weighted by atomic mass is 10.2. The maximum atomic E-state index is 11.7. The van der Waals surface area contributed by atoms with Gasteiger partial charge in [-0.3, -0.25) is 5.32 Å². The first-order chi connectivity index (χ1) is 9.70. The van der Waals surface area contributed by atoms with Gasteiger partial charge in [0.15, 0.2) is 11.9 Å². The van der Waals surface area contributed by atoms with Gasteiger partial charge in [0.25, 0.3) is 0 Å². The highest BCUT2D eigenvalue weighted by atomic mass is 16.6. The second-order valence-corrected chi connectivity index (χ2v) is 3.94. The molecule has 6 heteroatoms. The third-order valence-electron chi connectivity index (χ3n) is 2.56. The largest absolute Gasteiger partial charge is 0.616 e. The zero-order chi connectivity index (χ0) is 14.4. The van der Waals surface area contributed by atoms with E-state index in [0.29, 0.717) is 4.73 Å². The first-order valence-electron chi connectivity index (χ1n) is 5.94. The third kappa shape index (κ3) is 3.38. The van der Waals surface area contributed by atoms with Crippen LogP contribution in [0.15, 0.2) is 48.7 Å². The fourth-order valence-corrected chi connectivity index (χ4v) is 1.64. The number of nitrogens with one attached hydrogen (secondary N) is 1. The Balaban J connectivity index is 1.97. The summed E-state index contributed by atoms with van der Waals surface area (Å²) in [6, 6.07) is 12.4. The normalized spacial score (nSPS) is 9.85. The van der Waals surface area contributed by atoms with Crippen molar-refractivity contribution in [3.8, 4) is 5.88 Å². The Morgan fingerprint density at radius 2 is 2.00 bits per heavy atom. The van der Waals surface area contributed by atoms with E-state index in [-0.39, 0.29) is 18.2 Å². The van der Waals surface area contributed by atoms with Crippen molar-refractivity contribution < 1.29 is 19.0 Å². The van der Waals surface area contributed by atoms with Crippen LogP contribution in [0.5, 0.6) is 5.88 Å². The van der Waals surface area contributed by atoms with Gasteiger partial charge >= 0.3 is 12.0 Å². The smallest absolute Gasteiger partial charge is 0.412 e. The molecule has 20 heavy (non-hydrogen) atoms.